The fourth-order valence-electron chi connectivity index (χ4n) is 0.723. The van der Waals surface area contributed by atoms with E-state index in [9.17, 15) is 0 Å². The lowest BCUT2D eigenvalue weighted by Gasteiger charge is -2.00. The van der Waals surface area contributed by atoms with Gasteiger partial charge >= 0.3 is 0 Å². The molecular formula is C7H12Cl2N2O. The molecule has 1 aromatic rings. The van der Waals surface area contributed by atoms with Crippen LogP contribution in [0.5, 0.6) is 0 Å². The van der Waals surface area contributed by atoms with Crippen molar-refractivity contribution in [2.75, 3.05) is 11.5 Å². The second-order valence-electron chi connectivity index (χ2n) is 2.12. The molecule has 12 heavy (non-hydrogen) atoms. The van der Waals surface area contributed by atoms with Crippen LogP contribution in [0.1, 0.15) is 5.56 Å². The Morgan fingerprint density at radius 1 is 1.08 bits per heavy atom. The van der Waals surface area contributed by atoms with E-state index < -0.39 is 0 Å². The molecule has 0 aliphatic carbocycles. The van der Waals surface area contributed by atoms with Crippen LogP contribution < -0.4 is 11.5 Å². The Hall–Kier alpha value is -0.640. The third-order valence-corrected chi connectivity index (χ3v) is 1.33. The van der Waals surface area contributed by atoms with Gasteiger partial charge in [0.25, 0.3) is 0 Å². The first-order chi connectivity index (χ1) is 4.74. The van der Waals surface area contributed by atoms with Crippen LogP contribution in [0.3, 0.4) is 0 Å². The van der Waals surface area contributed by atoms with Gasteiger partial charge in [-0.15, -0.1) is 24.8 Å². The van der Waals surface area contributed by atoms with Crippen molar-refractivity contribution in [3.05, 3.63) is 23.8 Å². The highest BCUT2D eigenvalue weighted by Gasteiger charge is 1.94. The van der Waals surface area contributed by atoms with E-state index in [0.29, 0.717) is 11.4 Å². The van der Waals surface area contributed by atoms with E-state index in [1.165, 1.54) is 0 Å². The fourth-order valence-corrected chi connectivity index (χ4v) is 0.723. The van der Waals surface area contributed by atoms with Gasteiger partial charge in [-0.1, -0.05) is 6.07 Å². The number of benzene rings is 1. The number of anilines is 2. The van der Waals surface area contributed by atoms with E-state index in [2.05, 4.69) is 0 Å². The number of aliphatic hydroxyl groups excluding tert-OH is 1. The molecule has 0 heterocycles. The van der Waals surface area contributed by atoms with Gasteiger partial charge in [0.2, 0.25) is 0 Å². The topological polar surface area (TPSA) is 72.3 Å². The molecule has 0 saturated heterocycles. The lowest BCUT2D eigenvalue weighted by molar-refractivity contribution is 0.282. The lowest BCUT2D eigenvalue weighted by atomic mass is 10.2. The molecule has 0 aromatic heterocycles. The van der Waals surface area contributed by atoms with Crippen LogP contribution in [-0.2, 0) is 6.61 Å². The highest BCUT2D eigenvalue weighted by Crippen LogP contribution is 2.15. The molecule has 0 aliphatic heterocycles. The zero-order valence-electron chi connectivity index (χ0n) is 6.36. The molecule has 0 unspecified atom stereocenters. The summed E-state index contributed by atoms with van der Waals surface area (Å²) < 4.78 is 0. The predicted molar refractivity (Wildman–Crippen MR) is 55.7 cm³/mol. The van der Waals surface area contributed by atoms with Gasteiger partial charge in [-0.2, -0.15) is 0 Å². The van der Waals surface area contributed by atoms with Crippen molar-refractivity contribution in [1.29, 1.82) is 0 Å². The van der Waals surface area contributed by atoms with Gasteiger partial charge in [-0.05, 0) is 17.7 Å². The Labute approximate surface area is 83.6 Å². The molecule has 0 saturated carbocycles. The monoisotopic (exact) mass is 210 g/mol. The summed E-state index contributed by atoms with van der Waals surface area (Å²) in [5.74, 6) is 0. The summed E-state index contributed by atoms with van der Waals surface area (Å²) in [5, 5.41) is 8.66. The summed E-state index contributed by atoms with van der Waals surface area (Å²) in [4.78, 5) is 0. The summed E-state index contributed by atoms with van der Waals surface area (Å²) in [6, 6.07) is 5.09. The minimum Gasteiger partial charge on any atom is -0.397 e. The Kier molecular flexibility index (Phi) is 6.89. The minimum absolute atomic E-state index is 0. The Bertz CT molecular complexity index is 243. The maximum atomic E-state index is 8.66. The zero-order chi connectivity index (χ0) is 7.56. The van der Waals surface area contributed by atoms with Crippen LogP contribution in [0.25, 0.3) is 0 Å². The molecule has 5 N–H and O–H groups in total. The second-order valence-corrected chi connectivity index (χ2v) is 2.12. The number of nitrogen functional groups attached to an aromatic ring is 2. The van der Waals surface area contributed by atoms with Crippen LogP contribution in [0.2, 0.25) is 0 Å². The zero-order valence-corrected chi connectivity index (χ0v) is 7.99. The quantitative estimate of drug-likeness (QED) is 0.611. The van der Waals surface area contributed by atoms with Crippen LogP contribution in [0.15, 0.2) is 18.2 Å². The summed E-state index contributed by atoms with van der Waals surface area (Å²) in [5.41, 5.74) is 12.8. The number of rotatable bonds is 1. The molecular weight excluding hydrogens is 199 g/mol. The van der Waals surface area contributed by atoms with Crippen LogP contribution in [0.4, 0.5) is 11.4 Å². The van der Waals surface area contributed by atoms with Gasteiger partial charge in [0.05, 0.1) is 18.0 Å². The van der Waals surface area contributed by atoms with Crippen LogP contribution in [0, 0.1) is 0 Å². The highest BCUT2D eigenvalue weighted by atomic mass is 35.5. The Morgan fingerprint density at radius 3 is 2.08 bits per heavy atom. The van der Waals surface area contributed by atoms with E-state index in [-0.39, 0.29) is 31.4 Å². The normalized spacial score (nSPS) is 8.08. The average Bonchev–Trinajstić information content (AvgIpc) is 1.95. The molecule has 5 heteroatoms. The van der Waals surface area contributed by atoms with Crippen molar-refractivity contribution < 1.29 is 5.11 Å². The number of hydrogen-bond acceptors (Lipinski definition) is 3. The average molecular weight is 211 g/mol. The minimum atomic E-state index is 0. The molecule has 70 valence electrons. The molecule has 0 atom stereocenters. The van der Waals surface area contributed by atoms with Crippen molar-refractivity contribution in [3.8, 4) is 0 Å². The van der Waals surface area contributed by atoms with Crippen molar-refractivity contribution in [1.82, 2.24) is 0 Å². The summed E-state index contributed by atoms with van der Waals surface area (Å²) in [6.07, 6.45) is 0. The van der Waals surface area contributed by atoms with Crippen molar-refractivity contribution in [2.45, 2.75) is 6.61 Å². The third-order valence-electron chi connectivity index (χ3n) is 1.33. The second kappa shape index (κ2) is 5.94. The van der Waals surface area contributed by atoms with Crippen molar-refractivity contribution >= 4 is 36.2 Å². The number of hydrogen-bond donors (Lipinski definition) is 3. The highest BCUT2D eigenvalue weighted by molar-refractivity contribution is 5.85. The Morgan fingerprint density at radius 2 is 1.67 bits per heavy atom. The molecule has 3 nitrogen and oxygen atoms in total. The summed E-state index contributed by atoms with van der Waals surface area (Å²) in [7, 11) is 0. The molecule has 0 amide bonds. The molecule has 0 aliphatic rings. The van der Waals surface area contributed by atoms with Gasteiger partial charge in [0.15, 0.2) is 0 Å². The van der Waals surface area contributed by atoms with E-state index in [4.69, 9.17) is 16.6 Å². The summed E-state index contributed by atoms with van der Waals surface area (Å²) >= 11 is 0. The summed E-state index contributed by atoms with van der Waals surface area (Å²) in [6.45, 7) is 0.00444. The molecule has 1 aromatic carbocycles. The maximum Gasteiger partial charge on any atom is 0.0682 e. The van der Waals surface area contributed by atoms with Crippen molar-refractivity contribution in [2.24, 2.45) is 0 Å². The largest absolute Gasteiger partial charge is 0.397 e. The van der Waals surface area contributed by atoms with E-state index in [1.807, 2.05) is 0 Å². The molecule has 1 rings (SSSR count). The van der Waals surface area contributed by atoms with E-state index in [1.54, 1.807) is 18.2 Å². The van der Waals surface area contributed by atoms with Crippen LogP contribution >= 0.6 is 24.8 Å². The number of nitrogens with two attached hydrogens (primary N) is 2. The van der Waals surface area contributed by atoms with Gasteiger partial charge in [-0.25, -0.2) is 0 Å². The van der Waals surface area contributed by atoms with E-state index in [0.717, 1.165) is 5.56 Å². The molecule has 0 radical (unpaired) electrons. The van der Waals surface area contributed by atoms with E-state index >= 15 is 0 Å². The number of halogens is 2. The van der Waals surface area contributed by atoms with Gasteiger partial charge in [0.1, 0.15) is 0 Å². The molecule has 0 fully saturated rings. The van der Waals surface area contributed by atoms with Gasteiger partial charge < -0.3 is 16.6 Å². The standard InChI is InChI=1S/C7H10N2O.2ClH/c8-6-2-1-5(4-10)3-7(6)9;;/h1-3,10H,4,8-9H2;2*1H. The smallest absolute Gasteiger partial charge is 0.0682 e. The number of aliphatic hydroxyl groups is 1. The first-order valence-electron chi connectivity index (χ1n) is 2.99. The molecule has 0 spiro atoms. The Balaban J connectivity index is 0. The lowest BCUT2D eigenvalue weighted by Crippen LogP contribution is -1.95. The maximum absolute atomic E-state index is 8.66. The SMILES string of the molecule is Cl.Cl.Nc1ccc(CO)cc1N. The first-order valence-corrected chi connectivity index (χ1v) is 2.99. The van der Waals surface area contributed by atoms with Gasteiger partial charge in [0, 0.05) is 0 Å². The van der Waals surface area contributed by atoms with Crippen LogP contribution in [-0.4, -0.2) is 5.11 Å². The molecule has 0 bridgehead atoms. The third kappa shape index (κ3) is 3.17. The first kappa shape index (κ1) is 13.9. The fraction of sp³-hybridized carbons (Fsp3) is 0.143. The van der Waals surface area contributed by atoms with Gasteiger partial charge in [-0.3, -0.25) is 0 Å². The predicted octanol–water partition coefficient (Wildman–Crippen LogP) is 1.19. The van der Waals surface area contributed by atoms with Crippen molar-refractivity contribution in [3.63, 3.8) is 0 Å².